The lowest BCUT2D eigenvalue weighted by Crippen LogP contribution is -2.45. The van der Waals surface area contributed by atoms with E-state index in [4.69, 9.17) is 0 Å². The minimum atomic E-state index is -4.49. The van der Waals surface area contributed by atoms with Crippen molar-refractivity contribution in [3.63, 3.8) is 0 Å². The number of aromatic hydroxyl groups is 1. The SMILES string of the molecule is CC(C)C[C@H](c1c(C(F)(F)F)ccc(Br)c1O)N1CCNCC1.Cl.Cl. The van der Waals surface area contributed by atoms with E-state index in [1.54, 1.807) is 0 Å². The first-order valence-corrected chi connectivity index (χ1v) is 8.54. The summed E-state index contributed by atoms with van der Waals surface area (Å²) < 4.78 is 40.7. The highest BCUT2D eigenvalue weighted by Gasteiger charge is 2.39. The minimum Gasteiger partial charge on any atom is -0.506 e. The number of benzene rings is 1. The second kappa shape index (κ2) is 10.2. The smallest absolute Gasteiger partial charge is 0.416 e. The summed E-state index contributed by atoms with van der Waals surface area (Å²) in [4.78, 5) is 2.03. The fourth-order valence-electron chi connectivity index (χ4n) is 3.06. The molecule has 0 amide bonds. The van der Waals surface area contributed by atoms with Gasteiger partial charge in [0.15, 0.2) is 0 Å². The molecule has 0 aromatic heterocycles. The molecule has 146 valence electrons. The van der Waals surface area contributed by atoms with Crippen LogP contribution in [0.25, 0.3) is 0 Å². The Labute approximate surface area is 167 Å². The molecule has 2 rings (SSSR count). The zero-order valence-corrected chi connectivity index (χ0v) is 17.3. The maximum absolute atomic E-state index is 13.5. The van der Waals surface area contributed by atoms with Crippen molar-refractivity contribution in [1.29, 1.82) is 0 Å². The fourth-order valence-corrected chi connectivity index (χ4v) is 3.40. The summed E-state index contributed by atoms with van der Waals surface area (Å²) in [6.07, 6.45) is -3.93. The molecule has 0 saturated carbocycles. The molecule has 1 aliphatic rings. The molecule has 1 aromatic rings. The van der Waals surface area contributed by atoms with Gasteiger partial charge in [0.05, 0.1) is 10.0 Å². The number of piperazine rings is 1. The topological polar surface area (TPSA) is 35.5 Å². The quantitative estimate of drug-likeness (QED) is 0.653. The molecule has 1 saturated heterocycles. The Kier molecular flexibility index (Phi) is 10.1. The molecule has 2 N–H and O–H groups in total. The molecule has 0 unspecified atom stereocenters. The van der Waals surface area contributed by atoms with Crippen LogP contribution in [0.4, 0.5) is 13.2 Å². The summed E-state index contributed by atoms with van der Waals surface area (Å²) in [6.45, 7) is 6.78. The summed E-state index contributed by atoms with van der Waals surface area (Å²) in [5, 5.41) is 13.6. The van der Waals surface area contributed by atoms with Crippen molar-refractivity contribution in [3.8, 4) is 5.75 Å². The van der Waals surface area contributed by atoms with Gasteiger partial charge in [-0.2, -0.15) is 13.2 Å². The predicted molar refractivity (Wildman–Crippen MR) is 102 cm³/mol. The third kappa shape index (κ3) is 6.17. The van der Waals surface area contributed by atoms with Crippen LogP contribution in [0.5, 0.6) is 5.75 Å². The maximum atomic E-state index is 13.5. The van der Waals surface area contributed by atoms with E-state index in [0.29, 0.717) is 24.0 Å². The van der Waals surface area contributed by atoms with E-state index in [-0.39, 0.29) is 42.0 Å². The summed E-state index contributed by atoms with van der Waals surface area (Å²) >= 11 is 3.16. The van der Waals surface area contributed by atoms with Crippen molar-refractivity contribution >= 4 is 40.7 Å². The van der Waals surface area contributed by atoms with Crippen molar-refractivity contribution in [2.75, 3.05) is 26.2 Å². The van der Waals surface area contributed by atoms with E-state index in [1.807, 2.05) is 18.7 Å². The van der Waals surface area contributed by atoms with E-state index < -0.39 is 17.8 Å². The highest BCUT2D eigenvalue weighted by Crippen LogP contribution is 2.45. The van der Waals surface area contributed by atoms with Crippen LogP contribution in [-0.4, -0.2) is 36.2 Å². The number of hydrogen-bond acceptors (Lipinski definition) is 3. The van der Waals surface area contributed by atoms with E-state index in [2.05, 4.69) is 21.2 Å². The normalized spacial score (nSPS) is 16.9. The first kappa shape index (κ1) is 24.8. The van der Waals surface area contributed by atoms with Gasteiger partial charge in [0.2, 0.25) is 0 Å². The van der Waals surface area contributed by atoms with Gasteiger partial charge in [-0.05, 0) is 40.4 Å². The molecular formula is C16H24BrCl2F3N2O. The van der Waals surface area contributed by atoms with Gasteiger partial charge in [-0.3, -0.25) is 4.90 Å². The lowest BCUT2D eigenvalue weighted by atomic mass is 9.90. The Morgan fingerprint density at radius 2 is 1.76 bits per heavy atom. The first-order chi connectivity index (χ1) is 10.7. The molecule has 1 atom stereocenters. The number of rotatable bonds is 4. The highest BCUT2D eigenvalue weighted by atomic mass is 79.9. The summed E-state index contributed by atoms with van der Waals surface area (Å²) in [5.74, 6) is -0.0849. The second-order valence-electron chi connectivity index (χ2n) is 6.29. The zero-order valence-electron chi connectivity index (χ0n) is 14.1. The van der Waals surface area contributed by atoms with E-state index >= 15 is 0 Å². The minimum absolute atomic E-state index is 0. The molecule has 0 radical (unpaired) electrons. The van der Waals surface area contributed by atoms with Gasteiger partial charge in [-0.25, -0.2) is 0 Å². The van der Waals surface area contributed by atoms with Gasteiger partial charge in [-0.15, -0.1) is 24.8 Å². The lowest BCUT2D eigenvalue weighted by Gasteiger charge is -2.37. The third-order valence-electron chi connectivity index (χ3n) is 4.09. The van der Waals surface area contributed by atoms with Gasteiger partial charge >= 0.3 is 6.18 Å². The Hall–Kier alpha value is -0.210. The number of alkyl halides is 3. The summed E-state index contributed by atoms with van der Waals surface area (Å²) in [5.41, 5.74) is -0.759. The summed E-state index contributed by atoms with van der Waals surface area (Å²) in [6, 6.07) is 1.85. The van der Waals surface area contributed by atoms with Crippen molar-refractivity contribution < 1.29 is 18.3 Å². The number of hydrogen-bond donors (Lipinski definition) is 2. The Morgan fingerprint density at radius 1 is 1.20 bits per heavy atom. The van der Waals surface area contributed by atoms with E-state index in [0.717, 1.165) is 19.2 Å². The molecule has 1 fully saturated rings. The predicted octanol–water partition coefficient (Wildman–Crippen LogP) is 5.01. The molecule has 1 heterocycles. The van der Waals surface area contributed by atoms with Crippen LogP contribution in [-0.2, 0) is 6.18 Å². The van der Waals surface area contributed by atoms with Crippen molar-refractivity contribution in [1.82, 2.24) is 10.2 Å². The number of phenols is 1. The number of nitrogens with zero attached hydrogens (tertiary/aromatic N) is 1. The lowest BCUT2D eigenvalue weighted by molar-refractivity contribution is -0.139. The number of phenolic OH excluding ortho intramolecular Hbond substituents is 1. The number of nitrogens with one attached hydrogen (secondary N) is 1. The van der Waals surface area contributed by atoms with Gasteiger partial charge in [0.1, 0.15) is 5.75 Å². The van der Waals surface area contributed by atoms with Gasteiger partial charge in [0.25, 0.3) is 0 Å². The van der Waals surface area contributed by atoms with Crippen LogP contribution in [0.2, 0.25) is 0 Å². The van der Waals surface area contributed by atoms with Crippen LogP contribution in [0.3, 0.4) is 0 Å². The van der Waals surface area contributed by atoms with Crippen molar-refractivity contribution in [2.45, 2.75) is 32.5 Å². The number of halogens is 6. The highest BCUT2D eigenvalue weighted by molar-refractivity contribution is 9.10. The molecular weight excluding hydrogens is 444 g/mol. The van der Waals surface area contributed by atoms with Gasteiger partial charge < -0.3 is 10.4 Å². The van der Waals surface area contributed by atoms with E-state index in [9.17, 15) is 18.3 Å². The van der Waals surface area contributed by atoms with Crippen LogP contribution >= 0.6 is 40.7 Å². The zero-order chi connectivity index (χ0) is 17.2. The van der Waals surface area contributed by atoms with Crippen molar-refractivity contribution in [2.24, 2.45) is 5.92 Å². The maximum Gasteiger partial charge on any atom is 0.416 e. The molecule has 1 aliphatic heterocycles. The second-order valence-corrected chi connectivity index (χ2v) is 7.14. The third-order valence-corrected chi connectivity index (χ3v) is 4.73. The molecule has 0 spiro atoms. The van der Waals surface area contributed by atoms with E-state index in [1.165, 1.54) is 6.07 Å². The molecule has 9 heteroatoms. The first-order valence-electron chi connectivity index (χ1n) is 7.75. The Balaban J connectivity index is 0.00000288. The molecule has 0 aliphatic carbocycles. The van der Waals surface area contributed by atoms with Crippen molar-refractivity contribution in [3.05, 3.63) is 27.7 Å². The largest absolute Gasteiger partial charge is 0.506 e. The van der Waals surface area contributed by atoms with Gasteiger partial charge in [-0.1, -0.05) is 13.8 Å². The Bertz CT molecular complexity index is 553. The fraction of sp³-hybridized carbons (Fsp3) is 0.625. The molecule has 25 heavy (non-hydrogen) atoms. The molecule has 1 aromatic carbocycles. The average Bonchev–Trinajstić information content (AvgIpc) is 2.47. The average molecular weight is 468 g/mol. The monoisotopic (exact) mass is 466 g/mol. The molecule has 0 bridgehead atoms. The van der Waals surface area contributed by atoms with Crippen LogP contribution in [0.1, 0.15) is 37.4 Å². The van der Waals surface area contributed by atoms with Gasteiger partial charge in [0, 0.05) is 37.8 Å². The Morgan fingerprint density at radius 3 is 2.24 bits per heavy atom. The van der Waals surface area contributed by atoms with Crippen LogP contribution < -0.4 is 5.32 Å². The molecule has 3 nitrogen and oxygen atoms in total. The standard InChI is InChI=1S/C16H22BrF3N2O.2ClH/c1-10(2)9-13(22-7-5-21-6-8-22)14-11(16(18,19)20)3-4-12(17)15(14)23;;/h3-4,10,13,21,23H,5-9H2,1-2H3;2*1H/t13-;;/m1../s1. The summed E-state index contributed by atoms with van der Waals surface area (Å²) in [7, 11) is 0. The van der Waals surface area contributed by atoms with Crippen LogP contribution in [0, 0.1) is 5.92 Å². The van der Waals surface area contributed by atoms with Crippen LogP contribution in [0.15, 0.2) is 16.6 Å².